The molecule has 0 atom stereocenters. The number of aromatic nitrogens is 1. The summed E-state index contributed by atoms with van der Waals surface area (Å²) < 4.78 is 1.23. The molecule has 0 saturated heterocycles. The number of rotatable bonds is 4. The molecule has 0 aliphatic heterocycles. The molecule has 0 bridgehead atoms. The van der Waals surface area contributed by atoms with E-state index in [1.54, 1.807) is 31.2 Å². The summed E-state index contributed by atoms with van der Waals surface area (Å²) in [5.74, 6) is -2.29. The summed E-state index contributed by atoms with van der Waals surface area (Å²) in [6.07, 6.45) is 0. The van der Waals surface area contributed by atoms with Gasteiger partial charge in [-0.2, -0.15) is 0 Å². The topological polar surface area (TPSA) is 92.2 Å². The molecule has 2 aromatic carbocycles. The molecule has 0 aliphatic rings. The lowest BCUT2D eigenvalue weighted by Crippen LogP contribution is -2.39. The van der Waals surface area contributed by atoms with Crippen molar-refractivity contribution in [2.75, 3.05) is 17.3 Å². The van der Waals surface area contributed by atoms with Crippen molar-refractivity contribution in [2.24, 2.45) is 0 Å². The molecule has 3 rings (SSSR count). The van der Waals surface area contributed by atoms with Crippen molar-refractivity contribution in [1.82, 2.24) is 9.99 Å². The lowest BCUT2D eigenvalue weighted by Gasteiger charge is -2.12. The largest absolute Gasteiger partial charge is 0.348 e. The predicted octanol–water partition coefficient (Wildman–Crippen LogP) is 4.06. The number of carbonyl (C=O) groups is 3. The summed E-state index contributed by atoms with van der Waals surface area (Å²) in [7, 11) is 0. The lowest BCUT2D eigenvalue weighted by molar-refractivity contribution is -0.136. The molecular formula is C19H15Cl3N4O3. The Morgan fingerprint density at radius 1 is 0.897 bits per heavy atom. The van der Waals surface area contributed by atoms with Crippen LogP contribution in [0.2, 0.25) is 15.1 Å². The molecule has 0 saturated carbocycles. The van der Waals surface area contributed by atoms with Crippen molar-refractivity contribution >= 4 is 69.1 Å². The van der Waals surface area contributed by atoms with Gasteiger partial charge in [0.1, 0.15) is 5.69 Å². The minimum atomic E-state index is -0.917. The molecule has 10 heteroatoms. The fourth-order valence-corrected chi connectivity index (χ4v) is 3.39. The Morgan fingerprint density at radius 3 is 2.24 bits per heavy atom. The maximum atomic E-state index is 12.9. The summed E-state index contributed by atoms with van der Waals surface area (Å²) in [6.45, 7) is 1.98. The third kappa shape index (κ3) is 4.82. The van der Waals surface area contributed by atoms with Gasteiger partial charge in [0.15, 0.2) is 0 Å². The Morgan fingerprint density at radius 2 is 1.59 bits per heavy atom. The molecular weight excluding hydrogens is 439 g/mol. The number of likely N-dealkylation sites (N-methyl/N-ethyl adjacent to an activating group) is 1. The van der Waals surface area contributed by atoms with E-state index in [9.17, 15) is 14.4 Å². The average molecular weight is 454 g/mol. The quantitative estimate of drug-likeness (QED) is 0.520. The van der Waals surface area contributed by atoms with Crippen LogP contribution in [0.3, 0.4) is 0 Å². The zero-order chi connectivity index (χ0) is 21.1. The van der Waals surface area contributed by atoms with Gasteiger partial charge >= 0.3 is 11.8 Å². The highest BCUT2D eigenvalue weighted by Gasteiger charge is 2.21. The summed E-state index contributed by atoms with van der Waals surface area (Å²) in [4.78, 5) is 36.9. The van der Waals surface area contributed by atoms with Crippen LogP contribution in [0.1, 0.15) is 17.4 Å². The fourth-order valence-electron chi connectivity index (χ4n) is 2.69. The van der Waals surface area contributed by atoms with E-state index in [-0.39, 0.29) is 12.2 Å². The highest BCUT2D eigenvalue weighted by Crippen LogP contribution is 2.25. The standard InChI is InChI=1S/C19H15Cl3N4O3/c1-2-23-18(28)19(29)25-26-15-4-3-11(20)5-10(15)6-16(26)17(27)24-14-8-12(21)7-13(22)9-14/h3-9H,2H2,1H3,(H,23,28)(H,24,27)(H,25,29). The van der Waals surface area contributed by atoms with E-state index in [2.05, 4.69) is 16.1 Å². The summed E-state index contributed by atoms with van der Waals surface area (Å²) in [5, 5.41) is 6.83. The van der Waals surface area contributed by atoms with Crippen molar-refractivity contribution in [2.45, 2.75) is 6.92 Å². The summed E-state index contributed by atoms with van der Waals surface area (Å²) in [5.41, 5.74) is 3.38. The van der Waals surface area contributed by atoms with Crippen LogP contribution in [-0.2, 0) is 9.59 Å². The third-order valence-corrected chi connectivity index (χ3v) is 4.55. The van der Waals surface area contributed by atoms with Gasteiger partial charge in [0.05, 0.1) is 5.52 Å². The second-order valence-electron chi connectivity index (χ2n) is 5.98. The average Bonchev–Trinajstić information content (AvgIpc) is 2.98. The van der Waals surface area contributed by atoms with Crippen LogP contribution in [0.5, 0.6) is 0 Å². The first-order chi connectivity index (χ1) is 13.8. The second-order valence-corrected chi connectivity index (χ2v) is 7.29. The monoisotopic (exact) mass is 452 g/mol. The number of hydrogen-bond donors (Lipinski definition) is 3. The predicted molar refractivity (Wildman–Crippen MR) is 114 cm³/mol. The van der Waals surface area contributed by atoms with Gasteiger partial charge in [-0.3, -0.25) is 19.8 Å². The van der Waals surface area contributed by atoms with Gasteiger partial charge in [0, 0.05) is 32.7 Å². The van der Waals surface area contributed by atoms with Crippen LogP contribution in [0.25, 0.3) is 10.9 Å². The molecule has 1 heterocycles. The van der Waals surface area contributed by atoms with E-state index in [1.807, 2.05) is 0 Å². The number of amides is 3. The Hall–Kier alpha value is -2.74. The fraction of sp³-hybridized carbons (Fsp3) is 0.105. The molecule has 3 aromatic rings. The van der Waals surface area contributed by atoms with Crippen molar-refractivity contribution in [1.29, 1.82) is 0 Å². The van der Waals surface area contributed by atoms with Gasteiger partial charge in [0.2, 0.25) is 0 Å². The third-order valence-electron chi connectivity index (χ3n) is 3.87. The minimum absolute atomic E-state index is 0.0796. The van der Waals surface area contributed by atoms with Crippen molar-refractivity contribution in [3.05, 3.63) is 63.2 Å². The lowest BCUT2D eigenvalue weighted by atomic mass is 10.2. The first-order valence-electron chi connectivity index (χ1n) is 8.46. The SMILES string of the molecule is CCNC(=O)C(=O)Nn1c(C(=O)Nc2cc(Cl)cc(Cl)c2)cc2cc(Cl)ccc21. The highest BCUT2D eigenvalue weighted by molar-refractivity contribution is 6.38. The Kier molecular flexibility index (Phi) is 6.32. The molecule has 0 radical (unpaired) electrons. The molecule has 3 amide bonds. The van der Waals surface area contributed by atoms with Crippen LogP contribution in [0.4, 0.5) is 5.69 Å². The van der Waals surface area contributed by atoms with Gasteiger partial charge in [-0.15, -0.1) is 0 Å². The molecule has 150 valence electrons. The zero-order valence-corrected chi connectivity index (χ0v) is 17.3. The number of nitrogens with one attached hydrogen (secondary N) is 3. The zero-order valence-electron chi connectivity index (χ0n) is 15.1. The van der Waals surface area contributed by atoms with Crippen LogP contribution < -0.4 is 16.1 Å². The van der Waals surface area contributed by atoms with Gasteiger partial charge < -0.3 is 10.6 Å². The Labute approximate surface area is 180 Å². The van der Waals surface area contributed by atoms with Crippen LogP contribution in [0, 0.1) is 0 Å². The first-order valence-corrected chi connectivity index (χ1v) is 9.59. The number of nitrogens with zero attached hydrogens (tertiary/aromatic N) is 1. The first kappa shape index (κ1) is 21.0. The van der Waals surface area contributed by atoms with Crippen LogP contribution in [-0.4, -0.2) is 28.9 Å². The van der Waals surface area contributed by atoms with Crippen molar-refractivity contribution in [3.63, 3.8) is 0 Å². The van der Waals surface area contributed by atoms with E-state index in [0.717, 1.165) is 0 Å². The maximum Gasteiger partial charge on any atom is 0.328 e. The minimum Gasteiger partial charge on any atom is -0.348 e. The number of fused-ring (bicyclic) bond motifs is 1. The van der Waals surface area contributed by atoms with Crippen molar-refractivity contribution in [3.8, 4) is 0 Å². The van der Waals surface area contributed by atoms with Gasteiger partial charge in [0.25, 0.3) is 5.91 Å². The Balaban J connectivity index is 2.00. The van der Waals surface area contributed by atoms with E-state index in [0.29, 0.717) is 31.7 Å². The number of halogens is 3. The molecule has 3 N–H and O–H groups in total. The molecule has 1 aromatic heterocycles. The number of carbonyl (C=O) groups excluding carboxylic acids is 3. The molecule has 7 nitrogen and oxygen atoms in total. The maximum absolute atomic E-state index is 12.9. The summed E-state index contributed by atoms with van der Waals surface area (Å²) >= 11 is 18.0. The second kappa shape index (κ2) is 8.73. The molecule has 0 aliphatic carbocycles. The van der Waals surface area contributed by atoms with E-state index < -0.39 is 17.7 Å². The molecule has 0 fully saturated rings. The molecule has 0 spiro atoms. The normalized spacial score (nSPS) is 10.6. The van der Waals surface area contributed by atoms with Gasteiger partial charge in [-0.25, -0.2) is 4.68 Å². The smallest absolute Gasteiger partial charge is 0.328 e. The van der Waals surface area contributed by atoms with E-state index >= 15 is 0 Å². The summed E-state index contributed by atoms with van der Waals surface area (Å²) in [6, 6.07) is 11.0. The van der Waals surface area contributed by atoms with Crippen LogP contribution in [0.15, 0.2) is 42.5 Å². The Bertz CT molecular complexity index is 1110. The van der Waals surface area contributed by atoms with Gasteiger partial charge in [-0.1, -0.05) is 34.8 Å². The number of anilines is 1. The van der Waals surface area contributed by atoms with E-state index in [4.69, 9.17) is 34.8 Å². The van der Waals surface area contributed by atoms with Crippen LogP contribution >= 0.6 is 34.8 Å². The highest BCUT2D eigenvalue weighted by atomic mass is 35.5. The van der Waals surface area contributed by atoms with Gasteiger partial charge in [-0.05, 0) is 49.4 Å². The number of benzene rings is 2. The van der Waals surface area contributed by atoms with Crippen molar-refractivity contribution < 1.29 is 14.4 Å². The molecule has 0 unspecified atom stereocenters. The van der Waals surface area contributed by atoms with E-state index in [1.165, 1.54) is 22.9 Å². The molecule has 29 heavy (non-hydrogen) atoms. The number of hydrogen-bond acceptors (Lipinski definition) is 3.